The number of hydrogen-bond acceptors (Lipinski definition) is 6. The Bertz CT molecular complexity index is 856. The Morgan fingerprint density at radius 1 is 0.778 bits per heavy atom. The number of methoxy groups -OCH3 is 3. The number of hydrazine groups is 1. The smallest absolute Gasteiger partial charge is 0.269 e. The van der Waals surface area contributed by atoms with Crippen LogP contribution in [-0.2, 0) is 0 Å². The minimum Gasteiger partial charge on any atom is -0.493 e. The van der Waals surface area contributed by atoms with E-state index in [4.69, 9.17) is 19.9 Å². The van der Waals surface area contributed by atoms with Gasteiger partial charge in [0.1, 0.15) is 0 Å². The van der Waals surface area contributed by atoms with Crippen LogP contribution in [0.3, 0.4) is 0 Å². The highest BCUT2D eigenvalue weighted by molar-refractivity contribution is 6.01. The van der Waals surface area contributed by atoms with Gasteiger partial charge in [-0.15, -0.1) is 0 Å². The minimum atomic E-state index is -0.661. The van der Waals surface area contributed by atoms with Crippen LogP contribution in [0.1, 0.15) is 31.1 Å². The Morgan fingerprint density at radius 3 is 1.78 bits per heavy atom. The predicted molar refractivity (Wildman–Crippen MR) is 96.0 cm³/mol. The second-order valence-electron chi connectivity index (χ2n) is 5.27. The fourth-order valence-corrected chi connectivity index (χ4v) is 2.28. The molecule has 0 radical (unpaired) electrons. The van der Waals surface area contributed by atoms with E-state index >= 15 is 0 Å². The zero-order valence-corrected chi connectivity index (χ0v) is 15.0. The molecule has 3 amide bonds. The maximum Gasteiger partial charge on any atom is 0.269 e. The molecule has 0 aliphatic heterocycles. The zero-order chi connectivity index (χ0) is 20.0. The molecule has 0 saturated heterocycles. The average Bonchev–Trinajstić information content (AvgIpc) is 2.70. The molecule has 2 rings (SSSR count). The van der Waals surface area contributed by atoms with Crippen molar-refractivity contribution in [2.24, 2.45) is 5.73 Å². The van der Waals surface area contributed by atoms with Gasteiger partial charge >= 0.3 is 0 Å². The van der Waals surface area contributed by atoms with Crippen molar-refractivity contribution in [1.82, 2.24) is 10.9 Å². The molecule has 27 heavy (non-hydrogen) atoms. The van der Waals surface area contributed by atoms with Gasteiger partial charge in [0.25, 0.3) is 11.8 Å². The quantitative estimate of drug-likeness (QED) is 0.645. The third kappa shape index (κ3) is 4.46. The van der Waals surface area contributed by atoms with Crippen LogP contribution >= 0.6 is 0 Å². The lowest BCUT2D eigenvalue weighted by atomic mass is 10.1. The summed E-state index contributed by atoms with van der Waals surface area (Å²) in [5, 5.41) is 0. The lowest BCUT2D eigenvalue weighted by Gasteiger charge is -2.14. The SMILES string of the molecule is COc1cc(C(=O)NNC(=O)c2cccc(C(N)=O)c2)cc(OC)c1OC. The van der Waals surface area contributed by atoms with Crippen molar-refractivity contribution in [1.29, 1.82) is 0 Å². The summed E-state index contributed by atoms with van der Waals surface area (Å²) in [5.74, 6) is -0.951. The first kappa shape index (κ1) is 19.6. The van der Waals surface area contributed by atoms with Gasteiger partial charge in [-0.25, -0.2) is 0 Å². The number of rotatable bonds is 6. The number of carbonyl (C=O) groups excluding carboxylic acids is 3. The van der Waals surface area contributed by atoms with E-state index in [9.17, 15) is 14.4 Å². The van der Waals surface area contributed by atoms with E-state index in [0.29, 0.717) is 17.2 Å². The number of benzene rings is 2. The molecule has 0 fully saturated rings. The van der Waals surface area contributed by atoms with Crippen molar-refractivity contribution in [3.05, 3.63) is 53.1 Å². The molecule has 0 saturated carbocycles. The minimum absolute atomic E-state index is 0.163. The van der Waals surface area contributed by atoms with Gasteiger partial charge in [0.15, 0.2) is 11.5 Å². The third-order valence-electron chi connectivity index (χ3n) is 3.63. The van der Waals surface area contributed by atoms with E-state index in [1.54, 1.807) is 0 Å². The van der Waals surface area contributed by atoms with Crippen molar-refractivity contribution in [3.8, 4) is 17.2 Å². The van der Waals surface area contributed by atoms with Gasteiger partial charge < -0.3 is 19.9 Å². The van der Waals surface area contributed by atoms with Crippen LogP contribution in [0.15, 0.2) is 36.4 Å². The molecule has 0 aliphatic rings. The molecule has 4 N–H and O–H groups in total. The van der Waals surface area contributed by atoms with Crippen molar-refractivity contribution in [2.75, 3.05) is 21.3 Å². The first-order valence-corrected chi connectivity index (χ1v) is 7.71. The molecular weight excluding hydrogens is 354 g/mol. The summed E-state index contributed by atoms with van der Waals surface area (Å²) in [7, 11) is 4.29. The highest BCUT2D eigenvalue weighted by atomic mass is 16.5. The molecule has 0 aliphatic carbocycles. The van der Waals surface area contributed by atoms with E-state index in [0.717, 1.165) is 0 Å². The molecule has 9 nitrogen and oxygen atoms in total. The lowest BCUT2D eigenvalue weighted by Crippen LogP contribution is -2.41. The van der Waals surface area contributed by atoms with Gasteiger partial charge in [-0.05, 0) is 30.3 Å². The maximum atomic E-state index is 12.3. The van der Waals surface area contributed by atoms with E-state index < -0.39 is 17.7 Å². The zero-order valence-electron chi connectivity index (χ0n) is 15.0. The second-order valence-corrected chi connectivity index (χ2v) is 5.27. The number of nitrogens with one attached hydrogen (secondary N) is 2. The molecule has 0 atom stereocenters. The van der Waals surface area contributed by atoms with E-state index in [-0.39, 0.29) is 16.7 Å². The summed E-state index contributed by atoms with van der Waals surface area (Å²) in [6.07, 6.45) is 0. The van der Waals surface area contributed by atoms with Crippen molar-refractivity contribution >= 4 is 17.7 Å². The highest BCUT2D eigenvalue weighted by Crippen LogP contribution is 2.38. The summed E-state index contributed by atoms with van der Waals surface area (Å²) in [4.78, 5) is 35.7. The van der Waals surface area contributed by atoms with Crippen molar-refractivity contribution in [3.63, 3.8) is 0 Å². The van der Waals surface area contributed by atoms with Crippen LogP contribution in [0.25, 0.3) is 0 Å². The van der Waals surface area contributed by atoms with E-state index in [1.807, 2.05) is 0 Å². The van der Waals surface area contributed by atoms with Gasteiger partial charge in [-0.2, -0.15) is 0 Å². The highest BCUT2D eigenvalue weighted by Gasteiger charge is 2.17. The Morgan fingerprint density at radius 2 is 1.30 bits per heavy atom. The standard InChI is InChI=1S/C18H19N3O6/c1-25-13-8-12(9-14(26-2)15(13)27-3)18(24)21-20-17(23)11-6-4-5-10(7-11)16(19)22/h4-9H,1-3H3,(H2,19,22)(H,20,23)(H,21,24). The summed E-state index contributed by atoms with van der Waals surface area (Å²) in [6, 6.07) is 8.67. The van der Waals surface area contributed by atoms with Gasteiger partial charge in [0.2, 0.25) is 11.7 Å². The number of hydrogen-bond donors (Lipinski definition) is 3. The van der Waals surface area contributed by atoms with Crippen LogP contribution in [0.4, 0.5) is 0 Å². The predicted octanol–water partition coefficient (Wildman–Crippen LogP) is 0.886. The monoisotopic (exact) mass is 373 g/mol. The van der Waals surface area contributed by atoms with E-state index in [2.05, 4.69) is 10.9 Å². The van der Waals surface area contributed by atoms with Gasteiger partial charge in [0.05, 0.1) is 21.3 Å². The van der Waals surface area contributed by atoms with Crippen LogP contribution in [-0.4, -0.2) is 39.1 Å². The van der Waals surface area contributed by atoms with Crippen LogP contribution in [0.5, 0.6) is 17.2 Å². The first-order valence-electron chi connectivity index (χ1n) is 7.71. The molecule has 0 unspecified atom stereocenters. The fraction of sp³-hybridized carbons (Fsp3) is 0.167. The summed E-state index contributed by atoms with van der Waals surface area (Å²) >= 11 is 0. The number of nitrogens with two attached hydrogens (primary N) is 1. The summed E-state index contributed by atoms with van der Waals surface area (Å²) in [6.45, 7) is 0. The number of carbonyl (C=O) groups is 3. The van der Waals surface area contributed by atoms with Crippen molar-refractivity contribution in [2.45, 2.75) is 0 Å². The Hall–Kier alpha value is -3.75. The number of primary amides is 1. The Kier molecular flexibility index (Phi) is 6.21. The molecule has 2 aromatic rings. The molecule has 0 aromatic heterocycles. The molecule has 0 bridgehead atoms. The van der Waals surface area contributed by atoms with Crippen LogP contribution in [0, 0.1) is 0 Å². The number of ether oxygens (including phenoxy) is 3. The molecule has 0 spiro atoms. The van der Waals surface area contributed by atoms with Gasteiger partial charge in [-0.3, -0.25) is 25.2 Å². The number of amides is 3. The first-order chi connectivity index (χ1) is 12.9. The maximum absolute atomic E-state index is 12.3. The average molecular weight is 373 g/mol. The van der Waals surface area contributed by atoms with Gasteiger partial charge in [-0.1, -0.05) is 6.07 Å². The topological polar surface area (TPSA) is 129 Å². The van der Waals surface area contributed by atoms with Crippen LogP contribution < -0.4 is 30.8 Å². The normalized spacial score (nSPS) is 9.89. The van der Waals surface area contributed by atoms with Gasteiger partial charge in [0, 0.05) is 16.7 Å². The summed E-state index contributed by atoms with van der Waals surface area (Å²) < 4.78 is 15.6. The largest absolute Gasteiger partial charge is 0.493 e. The molecule has 142 valence electrons. The Labute approximate surface area is 155 Å². The molecule has 2 aromatic carbocycles. The third-order valence-corrected chi connectivity index (χ3v) is 3.63. The fourth-order valence-electron chi connectivity index (χ4n) is 2.28. The lowest BCUT2D eigenvalue weighted by molar-refractivity contribution is 0.0846. The van der Waals surface area contributed by atoms with Crippen LogP contribution in [0.2, 0.25) is 0 Å². The van der Waals surface area contributed by atoms with E-state index in [1.165, 1.54) is 57.7 Å². The summed E-state index contributed by atoms with van der Waals surface area (Å²) in [5.41, 5.74) is 10.2. The Balaban J connectivity index is 2.14. The molecule has 9 heteroatoms. The van der Waals surface area contributed by atoms with Crippen molar-refractivity contribution < 1.29 is 28.6 Å². The molecular formula is C18H19N3O6. The second kappa shape index (κ2) is 8.56. The molecule has 0 heterocycles.